The molecule has 2 amide bonds. The van der Waals surface area contributed by atoms with E-state index in [4.69, 9.17) is 4.74 Å². The molecule has 1 N–H and O–H groups in total. The van der Waals surface area contributed by atoms with Crippen molar-refractivity contribution in [2.75, 3.05) is 23.9 Å². The van der Waals surface area contributed by atoms with Gasteiger partial charge in [0.2, 0.25) is 0 Å². The number of anilines is 2. The van der Waals surface area contributed by atoms with Crippen LogP contribution < -0.4 is 15.0 Å². The van der Waals surface area contributed by atoms with E-state index in [1.165, 1.54) is 0 Å². The topological polar surface area (TPSA) is 58.6 Å². The third kappa shape index (κ3) is 5.45. The van der Waals surface area contributed by atoms with Gasteiger partial charge in [0.25, 0.3) is 11.8 Å². The Hall–Kier alpha value is -3.60. The number of hydrogen-bond donors (Lipinski definition) is 1. The highest BCUT2D eigenvalue weighted by molar-refractivity contribution is 6.06. The highest BCUT2D eigenvalue weighted by Crippen LogP contribution is 2.17. The van der Waals surface area contributed by atoms with E-state index in [1.807, 2.05) is 54.6 Å². The van der Waals surface area contributed by atoms with Crippen LogP contribution in [-0.2, 0) is 11.2 Å². The second-order valence-corrected chi connectivity index (χ2v) is 6.61. The minimum Gasteiger partial charge on any atom is -0.484 e. The maximum atomic E-state index is 12.6. The van der Waals surface area contributed by atoms with E-state index in [2.05, 4.69) is 12.2 Å². The molecule has 3 aromatic carbocycles. The Bertz CT molecular complexity index is 969. The first-order valence-corrected chi connectivity index (χ1v) is 9.51. The number of ether oxygens (including phenoxy) is 1. The van der Waals surface area contributed by atoms with Crippen LogP contribution in [0.25, 0.3) is 0 Å². The fourth-order valence-electron chi connectivity index (χ4n) is 2.86. The highest BCUT2D eigenvalue weighted by atomic mass is 16.5. The molecule has 0 fully saturated rings. The van der Waals surface area contributed by atoms with Crippen LogP contribution in [0.2, 0.25) is 0 Å². The number of aryl methyl sites for hydroxylation is 1. The maximum absolute atomic E-state index is 12.6. The highest BCUT2D eigenvalue weighted by Gasteiger charge is 2.13. The molecule has 0 aliphatic carbocycles. The average Bonchev–Trinajstić information content (AvgIpc) is 2.78. The van der Waals surface area contributed by atoms with Gasteiger partial charge in [-0.25, -0.2) is 0 Å². The summed E-state index contributed by atoms with van der Waals surface area (Å²) in [7, 11) is 1.73. The lowest BCUT2D eigenvalue weighted by Crippen LogP contribution is -2.26. The Morgan fingerprint density at radius 2 is 1.66 bits per heavy atom. The zero-order valence-electron chi connectivity index (χ0n) is 16.6. The van der Waals surface area contributed by atoms with Gasteiger partial charge in [-0.05, 0) is 60.5 Å². The minimum absolute atomic E-state index is 0.0788. The summed E-state index contributed by atoms with van der Waals surface area (Å²) >= 11 is 0. The fourth-order valence-corrected chi connectivity index (χ4v) is 2.86. The SMILES string of the molecule is CCc1cccc(OCC(=O)Nc2ccc(C(=O)N(C)c3ccccc3)cc2)c1. The van der Waals surface area contributed by atoms with Crippen LogP contribution in [-0.4, -0.2) is 25.5 Å². The van der Waals surface area contributed by atoms with Gasteiger partial charge in [0.05, 0.1) is 0 Å². The van der Waals surface area contributed by atoms with E-state index in [1.54, 1.807) is 36.2 Å². The monoisotopic (exact) mass is 388 g/mol. The van der Waals surface area contributed by atoms with Crippen LogP contribution in [0.5, 0.6) is 5.75 Å². The zero-order valence-corrected chi connectivity index (χ0v) is 16.6. The van der Waals surface area contributed by atoms with E-state index >= 15 is 0 Å². The normalized spacial score (nSPS) is 10.3. The van der Waals surface area contributed by atoms with Gasteiger partial charge in [0.1, 0.15) is 5.75 Å². The van der Waals surface area contributed by atoms with Crippen molar-refractivity contribution in [3.8, 4) is 5.75 Å². The van der Waals surface area contributed by atoms with Crippen molar-refractivity contribution < 1.29 is 14.3 Å². The molecule has 3 rings (SSSR count). The summed E-state index contributed by atoms with van der Waals surface area (Å²) < 4.78 is 5.55. The van der Waals surface area contributed by atoms with Crippen LogP contribution in [0.4, 0.5) is 11.4 Å². The molecule has 0 radical (unpaired) electrons. The molecule has 0 saturated heterocycles. The minimum atomic E-state index is -0.257. The predicted molar refractivity (Wildman–Crippen MR) is 116 cm³/mol. The number of hydrogen-bond acceptors (Lipinski definition) is 3. The van der Waals surface area contributed by atoms with Gasteiger partial charge >= 0.3 is 0 Å². The first-order valence-electron chi connectivity index (χ1n) is 9.51. The van der Waals surface area contributed by atoms with Gasteiger partial charge in [-0.1, -0.05) is 37.3 Å². The molecule has 0 spiro atoms. The van der Waals surface area contributed by atoms with Gasteiger partial charge in [-0.2, -0.15) is 0 Å². The number of para-hydroxylation sites is 1. The summed E-state index contributed by atoms with van der Waals surface area (Å²) in [6.45, 7) is 1.99. The van der Waals surface area contributed by atoms with Gasteiger partial charge < -0.3 is 15.0 Å². The first kappa shape index (κ1) is 20.1. The lowest BCUT2D eigenvalue weighted by Gasteiger charge is -2.17. The van der Waals surface area contributed by atoms with E-state index in [9.17, 15) is 9.59 Å². The Labute approximate surface area is 170 Å². The molecule has 0 atom stereocenters. The van der Waals surface area contributed by atoms with E-state index in [0.717, 1.165) is 17.7 Å². The zero-order chi connectivity index (χ0) is 20.6. The number of rotatable bonds is 7. The molecule has 5 nitrogen and oxygen atoms in total. The average molecular weight is 388 g/mol. The number of carbonyl (C=O) groups is 2. The van der Waals surface area contributed by atoms with Crippen molar-refractivity contribution in [2.24, 2.45) is 0 Å². The predicted octanol–water partition coefficient (Wildman–Crippen LogP) is 4.54. The standard InChI is InChI=1S/C24H24N2O3/c1-3-18-8-7-11-22(16-18)29-17-23(27)25-20-14-12-19(13-15-20)24(28)26(2)21-9-5-4-6-10-21/h4-16H,3,17H2,1-2H3,(H,25,27). The summed E-state index contributed by atoms with van der Waals surface area (Å²) in [6, 6.07) is 23.9. The van der Waals surface area contributed by atoms with Gasteiger partial charge in [0.15, 0.2) is 6.61 Å². The van der Waals surface area contributed by atoms with Gasteiger partial charge in [-0.15, -0.1) is 0 Å². The molecule has 0 saturated carbocycles. The number of nitrogens with one attached hydrogen (secondary N) is 1. The Balaban J connectivity index is 1.55. The quantitative estimate of drug-likeness (QED) is 0.646. The second kappa shape index (κ2) is 9.55. The van der Waals surface area contributed by atoms with Crippen LogP contribution in [0.1, 0.15) is 22.8 Å². The van der Waals surface area contributed by atoms with Crippen LogP contribution in [0.3, 0.4) is 0 Å². The molecule has 0 bridgehead atoms. The molecular formula is C24H24N2O3. The largest absolute Gasteiger partial charge is 0.484 e. The molecule has 0 aliphatic rings. The van der Waals surface area contributed by atoms with E-state index in [-0.39, 0.29) is 18.4 Å². The van der Waals surface area contributed by atoms with Crippen molar-refractivity contribution in [1.82, 2.24) is 0 Å². The van der Waals surface area contributed by atoms with Crippen molar-refractivity contribution in [1.29, 1.82) is 0 Å². The number of nitrogens with zero attached hydrogens (tertiary/aromatic N) is 1. The lowest BCUT2D eigenvalue weighted by atomic mass is 10.1. The molecule has 0 unspecified atom stereocenters. The van der Waals surface area contributed by atoms with Crippen LogP contribution in [0.15, 0.2) is 78.9 Å². The molecular weight excluding hydrogens is 364 g/mol. The molecule has 5 heteroatoms. The number of benzene rings is 3. The first-order chi connectivity index (χ1) is 14.1. The number of amides is 2. The number of carbonyl (C=O) groups excluding carboxylic acids is 2. The molecule has 148 valence electrons. The summed E-state index contributed by atoms with van der Waals surface area (Å²) in [5.41, 5.74) is 3.13. The van der Waals surface area contributed by atoms with E-state index < -0.39 is 0 Å². The lowest BCUT2D eigenvalue weighted by molar-refractivity contribution is -0.118. The summed E-state index contributed by atoms with van der Waals surface area (Å²) in [5.74, 6) is 0.296. The van der Waals surface area contributed by atoms with Gasteiger partial charge in [-0.3, -0.25) is 9.59 Å². The molecule has 0 aromatic heterocycles. The molecule has 29 heavy (non-hydrogen) atoms. The molecule has 3 aromatic rings. The van der Waals surface area contributed by atoms with Crippen LogP contribution in [0, 0.1) is 0 Å². The van der Waals surface area contributed by atoms with E-state index in [0.29, 0.717) is 17.0 Å². The Morgan fingerprint density at radius 1 is 0.931 bits per heavy atom. The Kier molecular flexibility index (Phi) is 6.63. The van der Waals surface area contributed by atoms with Crippen LogP contribution >= 0.6 is 0 Å². The smallest absolute Gasteiger partial charge is 0.262 e. The third-order valence-corrected chi connectivity index (χ3v) is 4.54. The summed E-state index contributed by atoms with van der Waals surface area (Å²) in [6.07, 6.45) is 0.911. The molecule has 0 heterocycles. The summed E-state index contributed by atoms with van der Waals surface area (Å²) in [4.78, 5) is 26.3. The van der Waals surface area contributed by atoms with Crippen molar-refractivity contribution >= 4 is 23.2 Å². The van der Waals surface area contributed by atoms with Crippen molar-refractivity contribution in [2.45, 2.75) is 13.3 Å². The molecule has 0 aliphatic heterocycles. The Morgan fingerprint density at radius 3 is 2.34 bits per heavy atom. The third-order valence-electron chi connectivity index (χ3n) is 4.54. The van der Waals surface area contributed by atoms with Gasteiger partial charge in [0, 0.05) is 24.0 Å². The maximum Gasteiger partial charge on any atom is 0.262 e. The van der Waals surface area contributed by atoms with Crippen molar-refractivity contribution in [3.63, 3.8) is 0 Å². The fraction of sp³-hybridized carbons (Fsp3) is 0.167. The second-order valence-electron chi connectivity index (χ2n) is 6.61. The van der Waals surface area contributed by atoms with Crippen molar-refractivity contribution in [3.05, 3.63) is 90.0 Å². The summed E-state index contributed by atoms with van der Waals surface area (Å²) in [5, 5.41) is 2.78.